The second-order valence-corrected chi connectivity index (χ2v) is 5.80. The minimum absolute atomic E-state index is 0.198. The highest BCUT2D eigenvalue weighted by Crippen LogP contribution is 2.40. The number of rotatable bonds is 6. The Bertz CT molecular complexity index is 433. The van der Waals surface area contributed by atoms with Crippen LogP contribution in [0.25, 0.3) is 0 Å². The average Bonchev–Trinajstić information content (AvgIpc) is 2.36. The fraction of sp³-hybridized carbons (Fsp3) is 0.588. The van der Waals surface area contributed by atoms with Crippen molar-refractivity contribution in [1.29, 1.82) is 0 Å². The first-order chi connectivity index (χ1) is 8.93. The highest BCUT2D eigenvalue weighted by molar-refractivity contribution is 5.56. The number of carbonyl (C=O) groups excluding carboxylic acids is 1. The molecule has 0 fully saturated rings. The third kappa shape index (κ3) is 3.37. The molecule has 2 heteroatoms. The lowest BCUT2D eigenvalue weighted by Crippen LogP contribution is -2.08. The van der Waals surface area contributed by atoms with E-state index in [2.05, 4.69) is 46.8 Å². The van der Waals surface area contributed by atoms with Gasteiger partial charge in [-0.3, -0.25) is 0 Å². The molecule has 0 aliphatic rings. The van der Waals surface area contributed by atoms with Crippen molar-refractivity contribution in [2.75, 3.05) is 7.11 Å². The number of methoxy groups -OCH3 is 1. The van der Waals surface area contributed by atoms with Crippen LogP contribution in [0.2, 0.25) is 0 Å². The summed E-state index contributed by atoms with van der Waals surface area (Å²) in [5.41, 5.74) is 3.71. The first-order valence-electron chi connectivity index (χ1n) is 7.08. The average molecular weight is 262 g/mol. The van der Waals surface area contributed by atoms with E-state index in [0.717, 1.165) is 12.0 Å². The molecule has 0 aromatic heterocycles. The van der Waals surface area contributed by atoms with Gasteiger partial charge < -0.3 is 9.53 Å². The molecule has 0 heterocycles. The van der Waals surface area contributed by atoms with Crippen LogP contribution in [0.3, 0.4) is 0 Å². The molecule has 0 N–H and O–H groups in total. The van der Waals surface area contributed by atoms with E-state index in [1.807, 2.05) is 0 Å². The van der Waals surface area contributed by atoms with Crippen molar-refractivity contribution < 1.29 is 9.53 Å². The van der Waals surface area contributed by atoms with Gasteiger partial charge in [-0.15, -0.1) is 0 Å². The molecule has 106 valence electrons. The van der Waals surface area contributed by atoms with Gasteiger partial charge in [-0.25, -0.2) is 0 Å². The van der Waals surface area contributed by atoms with Crippen molar-refractivity contribution >= 4 is 6.29 Å². The van der Waals surface area contributed by atoms with Crippen LogP contribution in [0.5, 0.6) is 5.75 Å². The van der Waals surface area contributed by atoms with E-state index >= 15 is 0 Å². The van der Waals surface area contributed by atoms with Gasteiger partial charge in [0.1, 0.15) is 12.0 Å². The molecule has 0 saturated heterocycles. The third-order valence-corrected chi connectivity index (χ3v) is 3.65. The topological polar surface area (TPSA) is 26.3 Å². The van der Waals surface area contributed by atoms with E-state index in [1.165, 1.54) is 16.7 Å². The molecule has 2 nitrogen and oxygen atoms in total. The molecular formula is C17H26O2. The standard InChI is InChI=1S/C17H26O2/c1-11(2)14-7-8-15(12(3)4)17(19-6)16(14)13(5)9-10-18/h7-8,10-13H,9H2,1-6H3. The van der Waals surface area contributed by atoms with Crippen molar-refractivity contribution in [3.05, 3.63) is 28.8 Å². The van der Waals surface area contributed by atoms with E-state index in [1.54, 1.807) is 7.11 Å². The zero-order valence-electron chi connectivity index (χ0n) is 13.0. The molecule has 1 unspecified atom stereocenters. The van der Waals surface area contributed by atoms with E-state index < -0.39 is 0 Å². The lowest BCUT2D eigenvalue weighted by Gasteiger charge is -2.24. The number of carbonyl (C=O) groups is 1. The highest BCUT2D eigenvalue weighted by atomic mass is 16.5. The Morgan fingerprint density at radius 3 is 2.00 bits per heavy atom. The van der Waals surface area contributed by atoms with Gasteiger partial charge in [-0.1, -0.05) is 46.8 Å². The van der Waals surface area contributed by atoms with Gasteiger partial charge in [-0.2, -0.15) is 0 Å². The summed E-state index contributed by atoms with van der Waals surface area (Å²) < 4.78 is 5.68. The Hall–Kier alpha value is -1.31. The van der Waals surface area contributed by atoms with Crippen molar-refractivity contribution in [3.8, 4) is 5.75 Å². The van der Waals surface area contributed by atoms with Gasteiger partial charge >= 0.3 is 0 Å². The molecule has 19 heavy (non-hydrogen) atoms. The highest BCUT2D eigenvalue weighted by Gasteiger charge is 2.21. The van der Waals surface area contributed by atoms with Crippen LogP contribution in [0.1, 0.15) is 75.5 Å². The zero-order chi connectivity index (χ0) is 14.6. The molecule has 0 aliphatic heterocycles. The van der Waals surface area contributed by atoms with E-state index in [9.17, 15) is 4.79 Å². The van der Waals surface area contributed by atoms with Crippen molar-refractivity contribution in [2.24, 2.45) is 0 Å². The van der Waals surface area contributed by atoms with Gasteiger partial charge in [0.25, 0.3) is 0 Å². The Morgan fingerprint density at radius 2 is 1.58 bits per heavy atom. The van der Waals surface area contributed by atoms with Crippen molar-refractivity contribution in [2.45, 2.75) is 58.8 Å². The van der Waals surface area contributed by atoms with Crippen LogP contribution >= 0.6 is 0 Å². The molecular weight excluding hydrogens is 236 g/mol. The Morgan fingerprint density at radius 1 is 1.05 bits per heavy atom. The Labute approximate surface area is 117 Å². The van der Waals surface area contributed by atoms with E-state index in [4.69, 9.17) is 4.74 Å². The SMILES string of the molecule is COc1c(C(C)C)ccc(C(C)C)c1C(C)CC=O. The van der Waals surface area contributed by atoms with Gasteiger partial charge in [-0.05, 0) is 28.9 Å². The second-order valence-electron chi connectivity index (χ2n) is 5.80. The molecule has 1 atom stereocenters. The number of hydrogen-bond donors (Lipinski definition) is 0. The molecule has 0 spiro atoms. The largest absolute Gasteiger partial charge is 0.496 e. The van der Waals surface area contributed by atoms with E-state index in [0.29, 0.717) is 18.3 Å². The van der Waals surface area contributed by atoms with E-state index in [-0.39, 0.29) is 5.92 Å². The maximum atomic E-state index is 10.8. The van der Waals surface area contributed by atoms with Crippen LogP contribution in [0, 0.1) is 0 Å². The second kappa shape index (κ2) is 6.74. The summed E-state index contributed by atoms with van der Waals surface area (Å²) >= 11 is 0. The summed E-state index contributed by atoms with van der Waals surface area (Å²) in [6, 6.07) is 4.36. The number of ether oxygens (including phenoxy) is 1. The Balaban J connectivity index is 3.49. The van der Waals surface area contributed by atoms with Crippen LogP contribution in [-0.2, 0) is 4.79 Å². The summed E-state index contributed by atoms with van der Waals surface area (Å²) in [5, 5.41) is 0. The van der Waals surface area contributed by atoms with Gasteiger partial charge in [0, 0.05) is 12.0 Å². The van der Waals surface area contributed by atoms with Crippen LogP contribution in [0.4, 0.5) is 0 Å². The predicted octanol–water partition coefficient (Wildman–Crippen LogP) is 4.63. The maximum Gasteiger partial charge on any atom is 0.126 e. The number of hydrogen-bond acceptors (Lipinski definition) is 2. The summed E-state index contributed by atoms with van der Waals surface area (Å²) in [6.45, 7) is 10.8. The summed E-state index contributed by atoms with van der Waals surface area (Å²) in [4.78, 5) is 10.8. The monoisotopic (exact) mass is 262 g/mol. The first kappa shape index (κ1) is 15.7. The summed E-state index contributed by atoms with van der Waals surface area (Å²) in [5.74, 6) is 2.01. The van der Waals surface area contributed by atoms with Crippen LogP contribution in [0.15, 0.2) is 12.1 Å². The predicted molar refractivity (Wildman–Crippen MR) is 80.3 cm³/mol. The minimum atomic E-state index is 0.198. The Kier molecular flexibility index (Phi) is 5.59. The molecule has 0 amide bonds. The minimum Gasteiger partial charge on any atom is -0.496 e. The van der Waals surface area contributed by atoms with Crippen LogP contribution < -0.4 is 4.74 Å². The van der Waals surface area contributed by atoms with Gasteiger partial charge in [0.2, 0.25) is 0 Å². The normalized spacial score (nSPS) is 12.8. The molecule has 1 aromatic rings. The number of benzene rings is 1. The maximum absolute atomic E-state index is 10.8. The first-order valence-corrected chi connectivity index (χ1v) is 7.08. The molecule has 0 bridgehead atoms. The lowest BCUT2D eigenvalue weighted by molar-refractivity contribution is -0.108. The molecule has 1 aromatic carbocycles. The quantitative estimate of drug-likeness (QED) is 0.698. The van der Waals surface area contributed by atoms with Crippen molar-refractivity contribution in [3.63, 3.8) is 0 Å². The van der Waals surface area contributed by atoms with Gasteiger partial charge in [0.15, 0.2) is 0 Å². The van der Waals surface area contributed by atoms with Gasteiger partial charge in [0.05, 0.1) is 7.11 Å². The molecule has 1 rings (SSSR count). The van der Waals surface area contributed by atoms with Crippen LogP contribution in [-0.4, -0.2) is 13.4 Å². The third-order valence-electron chi connectivity index (χ3n) is 3.65. The molecule has 0 aliphatic carbocycles. The fourth-order valence-electron chi connectivity index (χ4n) is 2.59. The fourth-order valence-corrected chi connectivity index (χ4v) is 2.59. The molecule has 0 radical (unpaired) electrons. The smallest absolute Gasteiger partial charge is 0.126 e. The summed E-state index contributed by atoms with van der Waals surface area (Å²) in [7, 11) is 1.72. The number of aldehydes is 1. The molecule has 0 saturated carbocycles. The summed E-state index contributed by atoms with van der Waals surface area (Å²) in [6.07, 6.45) is 1.54. The lowest BCUT2D eigenvalue weighted by atomic mass is 9.84. The van der Waals surface area contributed by atoms with Crippen molar-refractivity contribution in [1.82, 2.24) is 0 Å². The zero-order valence-corrected chi connectivity index (χ0v) is 13.0.